The van der Waals surface area contributed by atoms with Gasteiger partial charge in [0.15, 0.2) is 0 Å². The average molecular weight is 258 g/mol. The highest BCUT2D eigenvalue weighted by Gasteiger charge is 2.14. The van der Waals surface area contributed by atoms with Crippen molar-refractivity contribution in [3.05, 3.63) is 70.5 Å². The zero-order chi connectivity index (χ0) is 14.0. The van der Waals surface area contributed by atoms with Crippen LogP contribution >= 0.6 is 0 Å². The van der Waals surface area contributed by atoms with Crippen molar-refractivity contribution in [2.75, 3.05) is 0 Å². The predicted octanol–water partition coefficient (Wildman–Crippen LogP) is 4.34. The van der Waals surface area contributed by atoms with Gasteiger partial charge >= 0.3 is 0 Å². The fourth-order valence-electron chi connectivity index (χ4n) is 2.21. The second-order valence-electron chi connectivity index (χ2n) is 5.25. The number of halogens is 1. The van der Waals surface area contributed by atoms with E-state index in [0.29, 0.717) is 5.56 Å². The van der Waals surface area contributed by atoms with E-state index in [1.54, 1.807) is 12.1 Å². The lowest BCUT2D eigenvalue weighted by Crippen LogP contribution is -2.03. The van der Waals surface area contributed by atoms with Crippen LogP contribution in [0.2, 0.25) is 0 Å². The van der Waals surface area contributed by atoms with Crippen LogP contribution in [0.4, 0.5) is 4.39 Å². The van der Waals surface area contributed by atoms with Crippen molar-refractivity contribution in [2.24, 2.45) is 0 Å². The van der Waals surface area contributed by atoms with Gasteiger partial charge < -0.3 is 5.11 Å². The van der Waals surface area contributed by atoms with Crippen LogP contribution < -0.4 is 0 Å². The first kappa shape index (κ1) is 13.8. The summed E-state index contributed by atoms with van der Waals surface area (Å²) >= 11 is 0. The summed E-state index contributed by atoms with van der Waals surface area (Å²) in [5, 5.41) is 10.4. The second-order valence-corrected chi connectivity index (χ2v) is 5.25. The van der Waals surface area contributed by atoms with Crippen molar-refractivity contribution >= 4 is 0 Å². The van der Waals surface area contributed by atoms with E-state index in [1.807, 2.05) is 45.0 Å². The molecular weight excluding hydrogens is 239 g/mol. The quantitative estimate of drug-likeness (QED) is 0.868. The molecule has 2 aromatic carbocycles. The van der Waals surface area contributed by atoms with Gasteiger partial charge in [-0.15, -0.1) is 0 Å². The molecule has 1 unspecified atom stereocenters. The third-order valence-corrected chi connectivity index (χ3v) is 3.32. The Hall–Kier alpha value is -1.67. The number of aliphatic hydroxyl groups is 1. The molecule has 19 heavy (non-hydrogen) atoms. The van der Waals surface area contributed by atoms with Crippen LogP contribution in [0.15, 0.2) is 42.5 Å². The van der Waals surface area contributed by atoms with Crippen molar-refractivity contribution < 1.29 is 9.50 Å². The molecule has 2 heteroatoms. The molecule has 0 spiro atoms. The molecule has 0 amide bonds. The van der Waals surface area contributed by atoms with E-state index in [4.69, 9.17) is 0 Å². The highest BCUT2D eigenvalue weighted by atomic mass is 19.1. The third kappa shape index (κ3) is 3.02. The molecule has 1 atom stereocenters. The molecule has 0 radical (unpaired) electrons. The lowest BCUT2D eigenvalue weighted by Gasteiger charge is -2.15. The largest absolute Gasteiger partial charge is 0.384 e. The number of rotatable bonds is 3. The fourth-order valence-corrected chi connectivity index (χ4v) is 2.21. The molecule has 100 valence electrons. The van der Waals surface area contributed by atoms with Crippen LogP contribution in [0.25, 0.3) is 0 Å². The number of aliphatic hydroxyl groups excluding tert-OH is 1. The first-order chi connectivity index (χ1) is 8.99. The lowest BCUT2D eigenvalue weighted by atomic mass is 9.95. The minimum absolute atomic E-state index is 0.102. The minimum Gasteiger partial charge on any atom is -0.384 e. The lowest BCUT2D eigenvalue weighted by molar-refractivity contribution is 0.220. The van der Waals surface area contributed by atoms with Gasteiger partial charge in [0.25, 0.3) is 0 Å². The Bertz CT molecular complexity index is 575. The highest BCUT2D eigenvalue weighted by molar-refractivity contribution is 5.35. The summed E-state index contributed by atoms with van der Waals surface area (Å²) in [6, 6.07) is 12.6. The van der Waals surface area contributed by atoms with E-state index in [2.05, 4.69) is 0 Å². The molecule has 0 aliphatic rings. The molecule has 2 aromatic rings. The zero-order valence-corrected chi connectivity index (χ0v) is 11.5. The topological polar surface area (TPSA) is 20.2 Å². The van der Waals surface area contributed by atoms with Crippen LogP contribution in [0.1, 0.15) is 48.1 Å². The van der Waals surface area contributed by atoms with Crippen LogP contribution in [0, 0.1) is 12.7 Å². The molecule has 0 fully saturated rings. The molecule has 2 rings (SSSR count). The molecule has 1 nitrogen and oxygen atoms in total. The van der Waals surface area contributed by atoms with Crippen molar-refractivity contribution in [1.82, 2.24) is 0 Å². The van der Waals surface area contributed by atoms with Crippen molar-refractivity contribution in [1.29, 1.82) is 0 Å². The van der Waals surface area contributed by atoms with Gasteiger partial charge in [0.2, 0.25) is 0 Å². The average Bonchev–Trinajstić information content (AvgIpc) is 2.38. The molecule has 0 saturated carbocycles. The van der Waals surface area contributed by atoms with Gasteiger partial charge in [0.1, 0.15) is 11.9 Å². The maximum absolute atomic E-state index is 13.7. The Morgan fingerprint density at radius 3 is 2.32 bits per heavy atom. The third-order valence-electron chi connectivity index (χ3n) is 3.32. The maximum atomic E-state index is 13.7. The number of hydrogen-bond acceptors (Lipinski definition) is 1. The second kappa shape index (κ2) is 5.54. The fraction of sp³-hybridized carbons (Fsp3) is 0.294. The first-order valence-corrected chi connectivity index (χ1v) is 6.53. The molecule has 0 aliphatic heterocycles. The van der Waals surface area contributed by atoms with Crippen LogP contribution in [0.5, 0.6) is 0 Å². The van der Waals surface area contributed by atoms with Gasteiger partial charge in [0, 0.05) is 0 Å². The summed E-state index contributed by atoms with van der Waals surface area (Å²) in [6.07, 6.45) is -0.710. The molecule has 0 aliphatic carbocycles. The van der Waals surface area contributed by atoms with Gasteiger partial charge in [-0.3, -0.25) is 0 Å². The summed E-state index contributed by atoms with van der Waals surface area (Å²) in [4.78, 5) is 0. The Morgan fingerprint density at radius 1 is 1.00 bits per heavy atom. The minimum atomic E-state index is -0.710. The predicted molar refractivity (Wildman–Crippen MR) is 75.7 cm³/mol. The van der Waals surface area contributed by atoms with E-state index in [9.17, 15) is 9.50 Å². The molecule has 1 N–H and O–H groups in total. The summed E-state index contributed by atoms with van der Waals surface area (Å²) in [5.41, 5.74) is 3.31. The van der Waals surface area contributed by atoms with Gasteiger partial charge in [-0.05, 0) is 41.7 Å². The van der Waals surface area contributed by atoms with E-state index >= 15 is 0 Å². The van der Waals surface area contributed by atoms with E-state index < -0.39 is 6.10 Å². The van der Waals surface area contributed by atoms with Gasteiger partial charge in [-0.25, -0.2) is 4.39 Å². The van der Waals surface area contributed by atoms with Crippen LogP contribution in [-0.4, -0.2) is 5.11 Å². The van der Waals surface area contributed by atoms with E-state index in [-0.39, 0.29) is 11.7 Å². The Kier molecular flexibility index (Phi) is 4.01. The number of hydrogen-bond donors (Lipinski definition) is 1. The van der Waals surface area contributed by atoms with E-state index in [0.717, 1.165) is 16.7 Å². The normalized spacial score (nSPS) is 12.7. The zero-order valence-electron chi connectivity index (χ0n) is 11.5. The standard InChI is InChI=1S/C17H19FO/c1-11(2)15-10-14(7-8-16(15)18)17(19)13-6-4-5-12(3)9-13/h4-11,17,19H,1-3H3. The SMILES string of the molecule is Cc1cccc(C(O)c2ccc(F)c(C(C)C)c2)c1. The Balaban J connectivity index is 2.39. The summed E-state index contributed by atoms with van der Waals surface area (Å²) in [7, 11) is 0. The number of aryl methyl sites for hydroxylation is 1. The molecule has 0 bridgehead atoms. The molecule has 0 heterocycles. The van der Waals surface area contributed by atoms with Crippen molar-refractivity contribution in [2.45, 2.75) is 32.8 Å². The summed E-state index contributed by atoms with van der Waals surface area (Å²) in [6.45, 7) is 5.88. The summed E-state index contributed by atoms with van der Waals surface area (Å²) < 4.78 is 13.7. The van der Waals surface area contributed by atoms with Gasteiger partial charge in [0.05, 0.1) is 0 Å². The molecular formula is C17H19FO. The van der Waals surface area contributed by atoms with Crippen molar-refractivity contribution in [3.8, 4) is 0 Å². The monoisotopic (exact) mass is 258 g/mol. The summed E-state index contributed by atoms with van der Waals surface area (Å²) in [5.74, 6) is -0.111. The Labute approximate surface area is 113 Å². The van der Waals surface area contributed by atoms with Gasteiger partial charge in [-0.2, -0.15) is 0 Å². The number of benzene rings is 2. The van der Waals surface area contributed by atoms with Gasteiger partial charge in [-0.1, -0.05) is 49.7 Å². The smallest absolute Gasteiger partial charge is 0.126 e. The maximum Gasteiger partial charge on any atom is 0.126 e. The van der Waals surface area contributed by atoms with Crippen molar-refractivity contribution in [3.63, 3.8) is 0 Å². The highest BCUT2D eigenvalue weighted by Crippen LogP contribution is 2.27. The Morgan fingerprint density at radius 2 is 1.68 bits per heavy atom. The first-order valence-electron chi connectivity index (χ1n) is 6.53. The molecule has 0 aromatic heterocycles. The van der Waals surface area contributed by atoms with E-state index in [1.165, 1.54) is 6.07 Å². The van der Waals surface area contributed by atoms with Crippen LogP contribution in [-0.2, 0) is 0 Å². The van der Waals surface area contributed by atoms with Crippen LogP contribution in [0.3, 0.4) is 0 Å². The molecule has 0 saturated heterocycles.